The molecule has 3 heterocycles. The third-order valence-electron chi connectivity index (χ3n) is 13.5. The number of pyridine rings is 1. The van der Waals surface area contributed by atoms with Gasteiger partial charge in [0.2, 0.25) is 0 Å². The number of hydrogen-bond acceptors (Lipinski definition) is 4. The summed E-state index contributed by atoms with van der Waals surface area (Å²) in [7, 11) is 0. The fourth-order valence-electron chi connectivity index (χ4n) is 10.1. The van der Waals surface area contributed by atoms with Gasteiger partial charge in [0.15, 0.2) is 0 Å². The van der Waals surface area contributed by atoms with Crippen LogP contribution >= 0.6 is 0 Å². The first kappa shape index (κ1) is 32.9. The van der Waals surface area contributed by atoms with Crippen LogP contribution in [0.1, 0.15) is 71.9 Å². The van der Waals surface area contributed by atoms with Crippen molar-refractivity contribution in [3.8, 4) is 56.4 Å². The van der Waals surface area contributed by atoms with Crippen molar-refractivity contribution in [1.29, 1.82) is 0 Å². The fourth-order valence-corrected chi connectivity index (χ4v) is 11.2. The molecule has 0 atom stereocenters. The maximum atomic E-state index is 9.41. The minimum atomic E-state index is -2.88. The number of aromatic nitrogens is 3. The second-order valence-corrected chi connectivity index (χ2v) is 20.4. The molecule has 0 saturated heterocycles. The normalized spacial score (nSPS) is 16.3. The van der Waals surface area contributed by atoms with Gasteiger partial charge in [0, 0.05) is 5.69 Å². The van der Waals surface area contributed by atoms with Crippen LogP contribution < -0.4 is 19.8 Å². The van der Waals surface area contributed by atoms with Crippen LogP contribution in [0.25, 0.3) is 55.8 Å². The van der Waals surface area contributed by atoms with Gasteiger partial charge in [-0.05, 0) is 12.1 Å². The summed E-state index contributed by atoms with van der Waals surface area (Å²) in [6.45, 7) is -5.87. The Balaban J connectivity index is 1.16. The molecule has 0 saturated carbocycles. The Morgan fingerprint density at radius 1 is 0.618 bits per heavy atom. The molecular weight excluding hydrogens is 1110 g/mol. The van der Waals surface area contributed by atoms with Crippen molar-refractivity contribution < 1.29 is 47.4 Å². The quantitative estimate of drug-likeness (QED) is 0.101. The van der Waals surface area contributed by atoms with E-state index in [-0.39, 0.29) is 73.3 Å². The van der Waals surface area contributed by atoms with Crippen LogP contribution in [0.4, 0.5) is 22.9 Å². The molecule has 11 aromatic rings. The average molecular weight is 1180 g/mol. The number of anilines is 4. The van der Waals surface area contributed by atoms with Gasteiger partial charge in [-0.3, -0.25) is 0 Å². The van der Waals surface area contributed by atoms with Crippen LogP contribution in [0.3, 0.4) is 0 Å². The number of rotatable bonds is 10. The Hall–Kier alpha value is -8.25. The Kier molecular flexibility index (Phi) is 8.58. The summed E-state index contributed by atoms with van der Waals surface area (Å²) in [5.74, 6) is -0.248. The van der Waals surface area contributed by atoms with Crippen molar-refractivity contribution in [1.82, 2.24) is 14.1 Å². The zero-order valence-corrected chi connectivity index (χ0v) is 43.6. The molecule has 0 amide bonds. The molecule has 1 aliphatic heterocycles. The zero-order chi connectivity index (χ0) is 66.6. The summed E-state index contributed by atoms with van der Waals surface area (Å²) < 4.78 is 162. The number of hydrogen-bond donors (Lipinski definition) is 0. The SMILES string of the molecule is [2H]c1c([2H])c([2H])c(-c2cc(C([2H])([2H])[2H])cc(-c3cccc(C(C)(C)C)c3)c2-n2[c](=[Pt])n(-c3[c-]c(Oc4cc(C([2H])([2H])[2H])cc(N5B(c6ccccc6)N(c6ccccc6)c6ccc[c-]c65)n4)cc(-c4c(C([2H])([2H])[2H])cccc4C([2H])([2H])[2H])c3)c3ccccc32)c([2H])c1[2H]. The van der Waals surface area contributed by atoms with Crippen LogP contribution in [0, 0.1) is 43.3 Å². The molecule has 374 valence electrons. The van der Waals surface area contributed by atoms with Crippen LogP contribution in [0.5, 0.6) is 11.6 Å². The molecular formula is C68H56BN5OPt-2. The maximum absolute atomic E-state index is 9.41. The number of imidazole rings is 1. The van der Waals surface area contributed by atoms with Gasteiger partial charge in [-0.2, -0.15) is 12.1 Å². The topological polar surface area (TPSA) is 38.5 Å². The van der Waals surface area contributed by atoms with E-state index < -0.39 is 70.0 Å². The molecule has 6 nitrogen and oxygen atoms in total. The first-order valence-corrected chi connectivity index (χ1v) is 25.6. The summed E-state index contributed by atoms with van der Waals surface area (Å²) in [6.07, 6.45) is 0. The van der Waals surface area contributed by atoms with Gasteiger partial charge in [0.25, 0.3) is 0 Å². The van der Waals surface area contributed by atoms with Gasteiger partial charge in [-0.15, -0.1) is 6.07 Å². The number of para-hydroxylation sites is 4. The predicted molar refractivity (Wildman–Crippen MR) is 311 cm³/mol. The van der Waals surface area contributed by atoms with Gasteiger partial charge < -0.3 is 0 Å². The van der Waals surface area contributed by atoms with Crippen LogP contribution in [-0.4, -0.2) is 21.1 Å². The summed E-state index contributed by atoms with van der Waals surface area (Å²) >= 11 is 2.07. The molecule has 76 heavy (non-hydrogen) atoms. The minimum absolute atomic E-state index is 0.0192. The Labute approximate surface area is 481 Å². The van der Waals surface area contributed by atoms with E-state index in [2.05, 4.69) is 36.3 Å². The van der Waals surface area contributed by atoms with Crippen LogP contribution in [0.2, 0.25) is 0 Å². The van der Waals surface area contributed by atoms with Crippen molar-refractivity contribution in [2.24, 2.45) is 0 Å². The summed E-state index contributed by atoms with van der Waals surface area (Å²) in [4.78, 5) is 9.08. The standard InChI is InChI=1S/C68H56BN5O.Pt/c1-46-37-58(50-25-11-8-12-26-50)67(59(38-46)51-27-22-28-53(41-51)68(5,6)7)72-45-71(60-33-17-18-34-61(60)72)56-42-52(66-48(3)23-21-24-49(66)4)43-57(44-56)75-65-40-47(2)39-64(70-65)74-63-36-20-19-35-62(63)73(55-31-15-10-16-32-55)69(74)54-29-13-9-14-30-54;/h8-35,37-43H,1-7H3;/q-2;/i1D3,2D3,3D3,4D3,8D,11D,12D,25D,26D;. The van der Waals surface area contributed by atoms with Gasteiger partial charge in [-0.1, -0.05) is 48.5 Å². The van der Waals surface area contributed by atoms with Crippen LogP contribution in [-0.2, 0) is 24.8 Å². The second-order valence-electron chi connectivity index (χ2n) is 19.4. The molecule has 9 aromatic carbocycles. The van der Waals surface area contributed by atoms with Crippen molar-refractivity contribution in [2.75, 3.05) is 9.62 Å². The molecule has 0 N–H and O–H groups in total. The summed E-state index contributed by atoms with van der Waals surface area (Å²) in [5.41, 5.74) is 4.13. The summed E-state index contributed by atoms with van der Waals surface area (Å²) in [6, 6.07) is 55.7. The van der Waals surface area contributed by atoms with Crippen LogP contribution in [0.15, 0.2) is 212 Å². The second kappa shape index (κ2) is 19.8. The van der Waals surface area contributed by atoms with Gasteiger partial charge in [0.1, 0.15) is 0 Å². The Morgan fingerprint density at radius 3 is 2.03 bits per heavy atom. The Bertz CT molecular complexity index is 4770. The number of ether oxygens (including phenoxy) is 1. The van der Waals surface area contributed by atoms with Crippen molar-refractivity contribution in [3.05, 3.63) is 256 Å². The first-order valence-electron chi connectivity index (χ1n) is 33.0. The van der Waals surface area contributed by atoms with Gasteiger partial charge in [-0.25, -0.2) is 0 Å². The van der Waals surface area contributed by atoms with Gasteiger partial charge >= 0.3 is 399 Å². The third-order valence-corrected chi connectivity index (χ3v) is 14.5. The molecule has 0 unspecified atom stereocenters. The molecule has 0 radical (unpaired) electrons. The number of aryl methyl sites for hydroxylation is 4. The third kappa shape index (κ3) is 8.93. The number of nitrogens with zero attached hydrogens (tertiary/aromatic N) is 5. The molecule has 0 fully saturated rings. The van der Waals surface area contributed by atoms with E-state index in [0.29, 0.717) is 31.7 Å². The molecule has 1 aliphatic rings. The van der Waals surface area contributed by atoms with E-state index in [1.807, 2.05) is 123 Å². The number of fused-ring (bicyclic) bond motifs is 2. The fraction of sp³-hybridized carbons (Fsp3) is 0.118. The van der Waals surface area contributed by atoms with Gasteiger partial charge in [0.05, 0.1) is 0 Å². The van der Waals surface area contributed by atoms with E-state index in [1.54, 1.807) is 45.5 Å². The molecule has 2 aromatic heterocycles. The van der Waals surface area contributed by atoms with Crippen molar-refractivity contribution >= 4 is 46.4 Å². The molecule has 12 rings (SSSR count). The first-order chi connectivity index (χ1) is 43.8. The molecule has 0 spiro atoms. The monoisotopic (exact) mass is 1180 g/mol. The van der Waals surface area contributed by atoms with E-state index in [1.165, 1.54) is 48.5 Å². The van der Waals surface area contributed by atoms with E-state index >= 15 is 0 Å². The van der Waals surface area contributed by atoms with E-state index in [0.717, 1.165) is 22.4 Å². The molecule has 8 heteroatoms. The number of benzene rings is 9. The van der Waals surface area contributed by atoms with E-state index in [4.69, 9.17) is 30.3 Å². The zero-order valence-electron chi connectivity index (χ0n) is 58.4. The summed E-state index contributed by atoms with van der Waals surface area (Å²) in [5, 5.41) is 0. The molecule has 0 aliphatic carbocycles. The Morgan fingerprint density at radius 2 is 1.30 bits per heavy atom. The predicted octanol–water partition coefficient (Wildman–Crippen LogP) is 16.5. The van der Waals surface area contributed by atoms with Crippen molar-refractivity contribution in [3.63, 3.8) is 0 Å². The van der Waals surface area contributed by atoms with E-state index in [9.17, 15) is 2.74 Å². The van der Waals surface area contributed by atoms with Crippen molar-refractivity contribution in [2.45, 2.75) is 53.6 Å². The average Bonchev–Trinajstić information content (AvgIpc) is 1.61. The molecule has 0 bridgehead atoms.